The summed E-state index contributed by atoms with van der Waals surface area (Å²) in [6.45, 7) is 3.51. The molecular weight excluding hydrogens is 262 g/mol. The van der Waals surface area contributed by atoms with Gasteiger partial charge >= 0.3 is 0 Å². The molecule has 0 saturated heterocycles. The molecule has 0 amide bonds. The van der Waals surface area contributed by atoms with Crippen LogP contribution < -0.4 is 5.32 Å². The molecule has 1 N–H and O–H groups in total. The lowest BCUT2D eigenvalue weighted by molar-refractivity contribution is 0.380. The predicted octanol–water partition coefficient (Wildman–Crippen LogP) is 3.72. The number of rotatable bonds is 3. The fourth-order valence-corrected chi connectivity index (χ4v) is 3.39. The van der Waals surface area contributed by atoms with Crippen LogP contribution in [0.2, 0.25) is 0 Å². The standard InChI is InChI=1S/C14H20BrN/c1-10-6-7-13-12(4-3-5-14(13)15)11(10)8-9-16-2/h3-5,10-11,16H,6-9H2,1-2H3. The molecule has 0 saturated carbocycles. The van der Waals surface area contributed by atoms with E-state index in [4.69, 9.17) is 0 Å². The van der Waals surface area contributed by atoms with Crippen molar-refractivity contribution >= 4 is 15.9 Å². The monoisotopic (exact) mass is 281 g/mol. The molecule has 2 unspecified atom stereocenters. The van der Waals surface area contributed by atoms with E-state index in [1.54, 1.807) is 11.1 Å². The van der Waals surface area contributed by atoms with Crippen molar-refractivity contribution in [3.05, 3.63) is 33.8 Å². The molecule has 0 spiro atoms. The van der Waals surface area contributed by atoms with Gasteiger partial charge in [-0.05, 0) is 61.9 Å². The van der Waals surface area contributed by atoms with Gasteiger partial charge in [0.15, 0.2) is 0 Å². The second kappa shape index (κ2) is 5.33. The van der Waals surface area contributed by atoms with Gasteiger partial charge in [-0.2, -0.15) is 0 Å². The van der Waals surface area contributed by atoms with E-state index in [-0.39, 0.29) is 0 Å². The van der Waals surface area contributed by atoms with E-state index in [2.05, 4.69) is 46.4 Å². The van der Waals surface area contributed by atoms with Gasteiger partial charge in [-0.1, -0.05) is 35.0 Å². The highest BCUT2D eigenvalue weighted by Crippen LogP contribution is 2.40. The van der Waals surface area contributed by atoms with Crippen molar-refractivity contribution in [1.82, 2.24) is 5.32 Å². The van der Waals surface area contributed by atoms with E-state index in [9.17, 15) is 0 Å². The smallest absolute Gasteiger partial charge is 0.0210 e. The van der Waals surface area contributed by atoms with Crippen molar-refractivity contribution in [2.75, 3.05) is 13.6 Å². The van der Waals surface area contributed by atoms with Crippen molar-refractivity contribution in [2.24, 2.45) is 5.92 Å². The van der Waals surface area contributed by atoms with E-state index in [1.807, 2.05) is 7.05 Å². The molecule has 2 atom stereocenters. The lowest BCUT2D eigenvalue weighted by Gasteiger charge is -2.32. The lowest BCUT2D eigenvalue weighted by Crippen LogP contribution is -2.22. The van der Waals surface area contributed by atoms with Crippen LogP contribution in [0.15, 0.2) is 22.7 Å². The van der Waals surface area contributed by atoms with Gasteiger partial charge in [0.25, 0.3) is 0 Å². The average Bonchev–Trinajstić information content (AvgIpc) is 2.28. The Hall–Kier alpha value is -0.340. The van der Waals surface area contributed by atoms with E-state index in [0.717, 1.165) is 18.4 Å². The third kappa shape index (κ3) is 2.33. The molecule has 0 heterocycles. The van der Waals surface area contributed by atoms with Crippen molar-refractivity contribution in [1.29, 1.82) is 0 Å². The minimum absolute atomic E-state index is 0.730. The second-order valence-electron chi connectivity index (χ2n) is 4.82. The highest BCUT2D eigenvalue weighted by Gasteiger charge is 2.26. The summed E-state index contributed by atoms with van der Waals surface area (Å²) >= 11 is 3.68. The summed E-state index contributed by atoms with van der Waals surface area (Å²) in [5.74, 6) is 1.55. The highest BCUT2D eigenvalue weighted by molar-refractivity contribution is 9.10. The van der Waals surface area contributed by atoms with Crippen molar-refractivity contribution in [2.45, 2.75) is 32.1 Å². The van der Waals surface area contributed by atoms with E-state index in [1.165, 1.54) is 23.7 Å². The first kappa shape index (κ1) is 12.1. The Balaban J connectivity index is 2.29. The maximum absolute atomic E-state index is 3.68. The molecular formula is C14H20BrN. The zero-order valence-corrected chi connectivity index (χ0v) is 11.7. The Kier molecular flexibility index (Phi) is 4.04. The van der Waals surface area contributed by atoms with Gasteiger partial charge in [-0.25, -0.2) is 0 Å². The molecule has 1 aromatic rings. The molecule has 16 heavy (non-hydrogen) atoms. The number of hydrogen-bond donors (Lipinski definition) is 1. The fraction of sp³-hybridized carbons (Fsp3) is 0.571. The summed E-state index contributed by atoms with van der Waals surface area (Å²) < 4.78 is 1.30. The molecule has 0 radical (unpaired) electrons. The van der Waals surface area contributed by atoms with E-state index < -0.39 is 0 Å². The van der Waals surface area contributed by atoms with Crippen LogP contribution in [0.1, 0.15) is 36.8 Å². The lowest BCUT2D eigenvalue weighted by atomic mass is 9.74. The van der Waals surface area contributed by atoms with Crippen molar-refractivity contribution in [3.63, 3.8) is 0 Å². The Labute approximate surface area is 107 Å². The van der Waals surface area contributed by atoms with Crippen LogP contribution in [0, 0.1) is 5.92 Å². The Morgan fingerprint density at radius 2 is 2.25 bits per heavy atom. The molecule has 1 nitrogen and oxygen atoms in total. The molecule has 0 fully saturated rings. The molecule has 88 valence electrons. The zero-order valence-electron chi connectivity index (χ0n) is 10.1. The summed E-state index contributed by atoms with van der Waals surface area (Å²) in [6.07, 6.45) is 3.80. The van der Waals surface area contributed by atoms with Crippen molar-refractivity contribution in [3.8, 4) is 0 Å². The summed E-state index contributed by atoms with van der Waals surface area (Å²) in [5.41, 5.74) is 3.12. The van der Waals surface area contributed by atoms with Gasteiger partial charge in [-0.15, -0.1) is 0 Å². The maximum Gasteiger partial charge on any atom is 0.0210 e. The van der Waals surface area contributed by atoms with Crippen LogP contribution in [-0.4, -0.2) is 13.6 Å². The molecule has 0 bridgehead atoms. The second-order valence-corrected chi connectivity index (χ2v) is 5.68. The molecule has 0 aromatic heterocycles. The molecule has 1 aliphatic carbocycles. The SMILES string of the molecule is CNCCC1c2cccc(Br)c2CCC1C. The van der Waals surface area contributed by atoms with Crippen LogP contribution in [0.4, 0.5) is 0 Å². The van der Waals surface area contributed by atoms with E-state index in [0.29, 0.717) is 0 Å². The molecule has 2 rings (SSSR count). The largest absolute Gasteiger partial charge is 0.320 e. The highest BCUT2D eigenvalue weighted by atomic mass is 79.9. The number of fused-ring (bicyclic) bond motifs is 1. The number of nitrogens with one attached hydrogen (secondary N) is 1. The Morgan fingerprint density at radius 3 is 3.00 bits per heavy atom. The summed E-state index contributed by atoms with van der Waals surface area (Å²) in [6, 6.07) is 6.66. The first-order chi connectivity index (χ1) is 7.74. The third-order valence-corrected chi connectivity index (χ3v) is 4.54. The molecule has 2 heteroatoms. The van der Waals surface area contributed by atoms with Crippen molar-refractivity contribution < 1.29 is 0 Å². The van der Waals surface area contributed by atoms with Crippen LogP contribution in [0.25, 0.3) is 0 Å². The summed E-state index contributed by atoms with van der Waals surface area (Å²) in [5, 5.41) is 3.27. The van der Waals surface area contributed by atoms with E-state index >= 15 is 0 Å². The van der Waals surface area contributed by atoms with Gasteiger partial charge in [0.2, 0.25) is 0 Å². The van der Waals surface area contributed by atoms with Gasteiger partial charge in [0.05, 0.1) is 0 Å². The number of halogens is 1. The van der Waals surface area contributed by atoms with Crippen LogP contribution >= 0.6 is 15.9 Å². The molecule has 1 aliphatic rings. The third-order valence-electron chi connectivity index (χ3n) is 3.80. The topological polar surface area (TPSA) is 12.0 Å². The van der Waals surface area contributed by atoms with Gasteiger partial charge < -0.3 is 5.32 Å². The summed E-state index contributed by atoms with van der Waals surface area (Å²) in [4.78, 5) is 0. The maximum atomic E-state index is 3.68. The normalized spacial score (nSPS) is 24.2. The Bertz CT molecular complexity index is 362. The number of hydrogen-bond acceptors (Lipinski definition) is 1. The quantitative estimate of drug-likeness (QED) is 0.891. The van der Waals surface area contributed by atoms with Gasteiger partial charge in [0, 0.05) is 4.47 Å². The molecule has 0 aliphatic heterocycles. The first-order valence-electron chi connectivity index (χ1n) is 6.16. The molecule has 1 aromatic carbocycles. The fourth-order valence-electron chi connectivity index (χ4n) is 2.81. The Morgan fingerprint density at radius 1 is 1.44 bits per heavy atom. The first-order valence-corrected chi connectivity index (χ1v) is 6.95. The average molecular weight is 282 g/mol. The minimum atomic E-state index is 0.730. The summed E-state index contributed by atoms with van der Waals surface area (Å²) in [7, 11) is 2.04. The van der Waals surface area contributed by atoms with Crippen LogP contribution in [-0.2, 0) is 6.42 Å². The minimum Gasteiger partial charge on any atom is -0.320 e. The van der Waals surface area contributed by atoms with Crippen LogP contribution in [0.3, 0.4) is 0 Å². The zero-order chi connectivity index (χ0) is 11.5. The van der Waals surface area contributed by atoms with Gasteiger partial charge in [-0.3, -0.25) is 0 Å². The van der Waals surface area contributed by atoms with Crippen LogP contribution in [0.5, 0.6) is 0 Å². The van der Waals surface area contributed by atoms with Gasteiger partial charge in [0.1, 0.15) is 0 Å². The predicted molar refractivity (Wildman–Crippen MR) is 72.9 cm³/mol. The number of benzene rings is 1.